The average Bonchev–Trinajstić information content (AvgIpc) is 3.04. The number of ether oxygens (including phenoxy) is 1. The maximum Gasteiger partial charge on any atom is 0.328 e. The van der Waals surface area contributed by atoms with Crippen molar-refractivity contribution in [1.29, 1.82) is 0 Å². The number of carbonyl (C=O) groups is 2. The fraction of sp³-hybridized carbons (Fsp3) is 0.312. The van der Waals surface area contributed by atoms with Crippen molar-refractivity contribution < 1.29 is 19.4 Å². The lowest BCUT2D eigenvalue weighted by Crippen LogP contribution is -2.52. The van der Waals surface area contributed by atoms with E-state index in [-0.39, 0.29) is 24.8 Å². The van der Waals surface area contributed by atoms with Crippen molar-refractivity contribution in [3.63, 3.8) is 0 Å². The van der Waals surface area contributed by atoms with Crippen molar-refractivity contribution in [1.82, 2.24) is 9.88 Å². The summed E-state index contributed by atoms with van der Waals surface area (Å²) in [5.41, 5.74) is 2.34. The molecule has 3 rings (SSSR count). The number of carboxylic acid groups (broad SMARTS) is 1. The summed E-state index contributed by atoms with van der Waals surface area (Å²) < 4.78 is 5.16. The number of rotatable bonds is 3. The number of thiazole rings is 1. The molecule has 2 aromatic rings. The first-order chi connectivity index (χ1) is 11.1. The number of aromatic nitrogens is 1. The molecule has 7 heteroatoms. The molecule has 6 nitrogen and oxygen atoms in total. The third-order valence-corrected chi connectivity index (χ3v) is 4.65. The van der Waals surface area contributed by atoms with E-state index in [0.717, 1.165) is 16.1 Å². The van der Waals surface area contributed by atoms with Crippen LogP contribution in [-0.2, 0) is 9.53 Å². The molecule has 1 aliphatic rings. The van der Waals surface area contributed by atoms with E-state index in [0.29, 0.717) is 6.61 Å². The molecule has 1 saturated heterocycles. The number of hydrogen-bond acceptors (Lipinski definition) is 5. The summed E-state index contributed by atoms with van der Waals surface area (Å²) in [5.74, 6) is -1.43. The van der Waals surface area contributed by atoms with Gasteiger partial charge in [0, 0.05) is 17.5 Å². The van der Waals surface area contributed by atoms with Crippen molar-refractivity contribution in [2.45, 2.75) is 13.0 Å². The molecule has 2 heterocycles. The zero-order valence-electron chi connectivity index (χ0n) is 12.6. The summed E-state index contributed by atoms with van der Waals surface area (Å²) in [6.07, 6.45) is 0. The molecule has 1 amide bonds. The largest absolute Gasteiger partial charge is 0.480 e. The van der Waals surface area contributed by atoms with Gasteiger partial charge in [0.25, 0.3) is 5.91 Å². The monoisotopic (exact) mass is 332 g/mol. The number of carbonyl (C=O) groups excluding carboxylic acids is 1. The normalized spacial score (nSPS) is 18.0. The Bertz CT molecular complexity index is 743. The van der Waals surface area contributed by atoms with E-state index in [4.69, 9.17) is 4.74 Å². The first-order valence-corrected chi connectivity index (χ1v) is 8.09. The minimum absolute atomic E-state index is 0.00978. The van der Waals surface area contributed by atoms with E-state index in [1.165, 1.54) is 16.2 Å². The molecule has 1 aromatic heterocycles. The van der Waals surface area contributed by atoms with Crippen LogP contribution >= 0.6 is 11.3 Å². The van der Waals surface area contributed by atoms with Crippen LogP contribution in [0.25, 0.3) is 10.6 Å². The van der Waals surface area contributed by atoms with Crippen molar-refractivity contribution in [3.8, 4) is 10.6 Å². The second-order valence-corrected chi connectivity index (χ2v) is 6.14. The maximum absolute atomic E-state index is 12.6. The number of morpholine rings is 1. The van der Waals surface area contributed by atoms with E-state index in [1.54, 1.807) is 5.38 Å². The molecule has 0 bridgehead atoms. The Balaban J connectivity index is 1.86. The molecule has 1 aliphatic heterocycles. The lowest BCUT2D eigenvalue weighted by Gasteiger charge is -2.32. The van der Waals surface area contributed by atoms with Crippen molar-refractivity contribution in [2.75, 3.05) is 19.8 Å². The summed E-state index contributed by atoms with van der Waals surface area (Å²) in [4.78, 5) is 29.6. The fourth-order valence-electron chi connectivity index (χ4n) is 2.51. The topological polar surface area (TPSA) is 79.7 Å². The second kappa shape index (κ2) is 6.47. The van der Waals surface area contributed by atoms with Crippen LogP contribution in [0.5, 0.6) is 0 Å². The first kappa shape index (κ1) is 15.6. The zero-order chi connectivity index (χ0) is 16.4. The van der Waals surface area contributed by atoms with Gasteiger partial charge in [0.1, 0.15) is 10.7 Å². The minimum atomic E-state index is -1.06. The maximum atomic E-state index is 12.6. The quantitative estimate of drug-likeness (QED) is 0.930. The number of aliphatic carboxylic acids is 1. The SMILES string of the molecule is Cc1ccccc1-c1nc(C(=O)N2CCOCC2C(=O)O)cs1. The van der Waals surface area contributed by atoms with Gasteiger partial charge >= 0.3 is 5.97 Å². The summed E-state index contributed by atoms with van der Waals surface area (Å²) in [6.45, 7) is 2.59. The van der Waals surface area contributed by atoms with Crippen LogP contribution in [0, 0.1) is 6.92 Å². The standard InChI is InChI=1S/C16H16N2O4S/c1-10-4-2-3-5-11(10)14-17-12(9-23-14)15(19)18-6-7-22-8-13(18)16(20)21/h2-5,9,13H,6-8H2,1H3,(H,20,21). The Morgan fingerprint density at radius 1 is 1.39 bits per heavy atom. The molecule has 1 atom stereocenters. The van der Waals surface area contributed by atoms with Gasteiger partial charge in [-0.1, -0.05) is 24.3 Å². The van der Waals surface area contributed by atoms with Gasteiger partial charge in [0.2, 0.25) is 0 Å². The van der Waals surface area contributed by atoms with Gasteiger partial charge in [-0.2, -0.15) is 0 Å². The summed E-state index contributed by atoms with van der Waals surface area (Å²) in [7, 11) is 0. The molecule has 1 unspecified atom stereocenters. The Hall–Kier alpha value is -2.25. The number of amides is 1. The second-order valence-electron chi connectivity index (χ2n) is 5.28. The summed E-state index contributed by atoms with van der Waals surface area (Å²) in [5, 5.41) is 11.7. The molecular weight excluding hydrogens is 316 g/mol. The molecule has 120 valence electrons. The average molecular weight is 332 g/mol. The number of carboxylic acids is 1. The van der Waals surface area contributed by atoms with Gasteiger partial charge in [-0.05, 0) is 12.5 Å². The fourth-order valence-corrected chi connectivity index (χ4v) is 3.39. The highest BCUT2D eigenvalue weighted by atomic mass is 32.1. The van der Waals surface area contributed by atoms with Crippen molar-refractivity contribution in [3.05, 3.63) is 40.9 Å². The van der Waals surface area contributed by atoms with E-state index in [2.05, 4.69) is 4.98 Å². The predicted molar refractivity (Wildman–Crippen MR) is 85.6 cm³/mol. The Labute approximate surface area is 137 Å². The Morgan fingerprint density at radius 2 is 2.17 bits per heavy atom. The Morgan fingerprint density at radius 3 is 2.91 bits per heavy atom. The van der Waals surface area contributed by atoms with Crippen LogP contribution in [0.15, 0.2) is 29.6 Å². The molecule has 1 aromatic carbocycles. The molecule has 0 spiro atoms. The number of benzene rings is 1. The van der Waals surface area contributed by atoms with Crippen molar-refractivity contribution in [2.24, 2.45) is 0 Å². The highest BCUT2D eigenvalue weighted by Gasteiger charge is 2.34. The van der Waals surface area contributed by atoms with E-state index in [1.807, 2.05) is 31.2 Å². The zero-order valence-corrected chi connectivity index (χ0v) is 13.4. The molecule has 0 saturated carbocycles. The summed E-state index contributed by atoms with van der Waals surface area (Å²) in [6, 6.07) is 6.86. The molecule has 23 heavy (non-hydrogen) atoms. The van der Waals surface area contributed by atoms with Gasteiger partial charge < -0.3 is 14.7 Å². The van der Waals surface area contributed by atoms with Crippen molar-refractivity contribution >= 4 is 23.2 Å². The Kier molecular flexibility index (Phi) is 4.40. The first-order valence-electron chi connectivity index (χ1n) is 7.21. The molecule has 0 aliphatic carbocycles. The summed E-state index contributed by atoms with van der Waals surface area (Å²) >= 11 is 1.38. The lowest BCUT2D eigenvalue weighted by molar-refractivity contribution is -0.147. The van der Waals surface area contributed by atoms with Crippen LogP contribution in [0.3, 0.4) is 0 Å². The van der Waals surface area contributed by atoms with Gasteiger partial charge in [0.15, 0.2) is 6.04 Å². The highest BCUT2D eigenvalue weighted by molar-refractivity contribution is 7.13. The highest BCUT2D eigenvalue weighted by Crippen LogP contribution is 2.27. The molecule has 1 N–H and O–H groups in total. The lowest BCUT2D eigenvalue weighted by atomic mass is 10.1. The smallest absolute Gasteiger partial charge is 0.328 e. The van der Waals surface area contributed by atoms with E-state index < -0.39 is 12.0 Å². The molecule has 0 radical (unpaired) electrons. The van der Waals surface area contributed by atoms with Crippen LogP contribution in [-0.4, -0.2) is 52.7 Å². The third kappa shape index (κ3) is 3.11. The van der Waals surface area contributed by atoms with Crippen LogP contribution < -0.4 is 0 Å². The predicted octanol–water partition coefficient (Wildman–Crippen LogP) is 2.04. The van der Waals surface area contributed by atoms with Gasteiger partial charge in [-0.15, -0.1) is 11.3 Å². The van der Waals surface area contributed by atoms with E-state index >= 15 is 0 Å². The van der Waals surface area contributed by atoms with Gasteiger partial charge in [-0.3, -0.25) is 4.79 Å². The van der Waals surface area contributed by atoms with Gasteiger partial charge in [-0.25, -0.2) is 9.78 Å². The number of aryl methyl sites for hydroxylation is 1. The third-order valence-electron chi connectivity index (χ3n) is 3.77. The number of nitrogens with zero attached hydrogens (tertiary/aromatic N) is 2. The minimum Gasteiger partial charge on any atom is -0.480 e. The molecule has 1 fully saturated rings. The number of hydrogen-bond donors (Lipinski definition) is 1. The van der Waals surface area contributed by atoms with Crippen LogP contribution in [0.1, 0.15) is 16.1 Å². The molecular formula is C16H16N2O4S. The van der Waals surface area contributed by atoms with Crippen LogP contribution in [0.2, 0.25) is 0 Å². The van der Waals surface area contributed by atoms with Crippen LogP contribution in [0.4, 0.5) is 0 Å². The van der Waals surface area contributed by atoms with Gasteiger partial charge in [0.05, 0.1) is 13.2 Å². The van der Waals surface area contributed by atoms with E-state index in [9.17, 15) is 14.7 Å².